The quantitative estimate of drug-likeness (QED) is 0.0261. The summed E-state index contributed by atoms with van der Waals surface area (Å²) in [7, 11) is 0. The number of hydrogen-bond donors (Lipinski definition) is 0. The molecule has 0 aromatic rings. The van der Waals surface area contributed by atoms with Crippen LogP contribution in [-0.4, -0.2) is 101 Å². The average molecular weight is 1380 g/mol. The van der Waals surface area contributed by atoms with Gasteiger partial charge in [-0.15, -0.1) is 0 Å². The maximum atomic E-state index is 12.3. The zero-order valence-corrected chi connectivity index (χ0v) is 57.0. The molecule has 96 heavy (non-hydrogen) atoms. The van der Waals surface area contributed by atoms with E-state index in [-0.39, 0.29) is 168 Å². The number of Topliss-reactive ketones (excluding diaryl/α,β-unsaturated/α-hetero) is 1. The fraction of sp³-hybridized carbons (Fsp3) is 0.925. The zero-order valence-electron chi connectivity index (χ0n) is 57.0. The Labute approximate surface area is 595 Å². The van der Waals surface area contributed by atoms with Crippen LogP contribution >= 0.6 is 0 Å². The van der Waals surface area contributed by atoms with Gasteiger partial charge in [0, 0.05) is 11.8 Å². The lowest BCUT2D eigenvalue weighted by molar-refractivity contribution is -0.193. The second-order valence-corrected chi connectivity index (χ2v) is 29.0. The largest absolute Gasteiger partial charge is 0.438 e. The Bertz CT molecular complexity index is 1950. The van der Waals surface area contributed by atoms with Crippen LogP contribution in [0.15, 0.2) is 0 Å². The minimum atomic E-state index is -0.469. The Morgan fingerprint density at radius 2 is 0.615 bits per heavy atom. The van der Waals surface area contributed by atoms with Gasteiger partial charge < -0.3 is 47.4 Å². The molecule has 0 aromatic heterocycles. The van der Waals surface area contributed by atoms with Gasteiger partial charge in [0.15, 0.2) is 34.0 Å². The molecular weight excluding hydrogens is 1220 g/mol. The molecule has 8 aliphatic rings. The molecule has 8 aliphatic carbocycles. The van der Waals surface area contributed by atoms with E-state index in [4.69, 9.17) is 47.4 Å². The summed E-state index contributed by atoms with van der Waals surface area (Å²) >= 11 is 0. The van der Waals surface area contributed by atoms with Gasteiger partial charge in [-0.1, -0.05) is 186 Å². The molecule has 0 amide bonds. The van der Waals surface area contributed by atoms with Crippen LogP contribution in [0.4, 0.5) is 0 Å². The molecule has 0 radical (unpaired) electrons. The van der Waals surface area contributed by atoms with E-state index in [1.54, 1.807) is 0 Å². The third-order valence-electron chi connectivity index (χ3n) is 20.2. The second-order valence-electron chi connectivity index (χ2n) is 29.0. The monoisotopic (exact) mass is 1380 g/mol. The lowest BCUT2D eigenvalue weighted by atomic mass is 9.54. The molecule has 0 spiro atoms. The summed E-state index contributed by atoms with van der Waals surface area (Å²) in [6, 6.07) is 0. The topological polar surface area (TPSA) is 195 Å². The van der Waals surface area contributed by atoms with Gasteiger partial charge in [0.2, 0.25) is 0 Å². The van der Waals surface area contributed by atoms with Gasteiger partial charge in [-0.05, 0) is 196 Å². The molecule has 0 heterocycles. The molecular formula is C80H164O16. The van der Waals surface area contributed by atoms with Crippen LogP contribution in [0.25, 0.3) is 0 Å². The van der Waals surface area contributed by atoms with Crippen LogP contribution in [0.3, 0.4) is 0 Å². The fourth-order valence-electron chi connectivity index (χ4n) is 11.6. The molecule has 16 nitrogen and oxygen atoms in total. The normalized spacial score (nSPS) is 20.7. The SMILES string of the molecule is C.C.C.C.C.C.C.C.C.C.CCC(C)(C)C(=O)OCOC1C2CC3CC(C2)C(=O)C1C3.CCC(C)(C)C(=O)OCOC1CCCC1.CCC(C)(C)C(=O)OCOC1CCCCC1.CCC(C)(C)C(=O)OCOC1CCCCCC1.CCC(C)(C)C(=O)OCOCC1CCCCC1. The Morgan fingerprint density at radius 3 is 0.927 bits per heavy atom. The Balaban J connectivity index is -0.000000165. The van der Waals surface area contributed by atoms with Crippen LogP contribution in [-0.2, 0) is 76.1 Å². The third kappa shape index (κ3) is 39.1. The maximum Gasteiger partial charge on any atom is 0.313 e. The van der Waals surface area contributed by atoms with Gasteiger partial charge in [-0.3, -0.25) is 28.8 Å². The van der Waals surface area contributed by atoms with Gasteiger partial charge >= 0.3 is 29.8 Å². The highest BCUT2D eigenvalue weighted by atomic mass is 16.7. The molecule has 16 heteroatoms. The number of carbonyl (C=O) groups is 6. The average Bonchev–Trinajstić information content (AvgIpc) is 0.814. The Hall–Kier alpha value is -3.18. The van der Waals surface area contributed by atoms with Crippen molar-refractivity contribution in [2.45, 2.75) is 389 Å². The third-order valence-corrected chi connectivity index (χ3v) is 20.2. The van der Waals surface area contributed by atoms with E-state index in [0.29, 0.717) is 29.8 Å². The van der Waals surface area contributed by atoms with E-state index in [1.807, 2.05) is 104 Å². The van der Waals surface area contributed by atoms with Gasteiger partial charge in [0.1, 0.15) is 5.78 Å². The van der Waals surface area contributed by atoms with Crippen molar-refractivity contribution < 1.29 is 76.1 Å². The Kier molecular flexibility index (Phi) is 62.9. The number of hydrogen-bond acceptors (Lipinski definition) is 16. The van der Waals surface area contributed by atoms with Crippen LogP contribution in [0.1, 0.15) is 364 Å². The highest BCUT2D eigenvalue weighted by Crippen LogP contribution is 2.53. The molecule has 8 rings (SSSR count). The molecule has 5 atom stereocenters. The summed E-state index contributed by atoms with van der Waals surface area (Å²) in [5, 5.41) is 0. The fourth-order valence-corrected chi connectivity index (χ4v) is 11.6. The van der Waals surface area contributed by atoms with E-state index < -0.39 is 21.7 Å². The first-order chi connectivity index (χ1) is 40.7. The molecule has 0 saturated heterocycles. The van der Waals surface area contributed by atoms with Crippen molar-refractivity contribution in [3.05, 3.63) is 0 Å². The van der Waals surface area contributed by atoms with Gasteiger partial charge in [-0.2, -0.15) is 0 Å². The minimum absolute atomic E-state index is 0. The van der Waals surface area contributed by atoms with Crippen molar-refractivity contribution in [1.82, 2.24) is 0 Å². The van der Waals surface area contributed by atoms with Crippen molar-refractivity contribution in [1.29, 1.82) is 0 Å². The van der Waals surface area contributed by atoms with E-state index in [0.717, 1.165) is 102 Å². The molecule has 0 aliphatic heterocycles. The van der Waals surface area contributed by atoms with Crippen LogP contribution in [0.2, 0.25) is 0 Å². The second kappa shape index (κ2) is 55.5. The molecule has 8 fully saturated rings. The van der Waals surface area contributed by atoms with Crippen molar-refractivity contribution in [3.63, 3.8) is 0 Å². The molecule has 5 unspecified atom stereocenters. The summed E-state index contributed by atoms with van der Waals surface area (Å²) in [6.45, 7) is 30.1. The van der Waals surface area contributed by atoms with Crippen molar-refractivity contribution in [2.24, 2.45) is 56.7 Å². The van der Waals surface area contributed by atoms with Crippen LogP contribution in [0.5, 0.6) is 0 Å². The molecule has 580 valence electrons. The van der Waals surface area contributed by atoms with E-state index >= 15 is 0 Å². The smallest absolute Gasteiger partial charge is 0.313 e. The summed E-state index contributed by atoms with van der Waals surface area (Å²) in [6.07, 6.45) is 33.5. The molecule has 0 aromatic carbocycles. The number of esters is 5. The number of carbonyl (C=O) groups excluding carboxylic acids is 6. The first-order valence-electron chi connectivity index (χ1n) is 34.1. The summed E-state index contributed by atoms with van der Waals surface area (Å²) < 4.78 is 53.7. The standard InChI is InChI=1S/C17H26O4.2C14H26O3.C13H24O3.C12H22O3.10CH4/c1-4-17(2,3)16(19)21-9-20-15-12-6-10-5-11(8-12)14(18)13(15)7-10;1-4-14(2,3)13(15)17-11-16-10-12-8-6-5-7-9-12;1-4-14(2,3)13(15)17-11-16-12-9-7-5-6-8-10-12;1-4-13(2,3)12(14)16-10-15-11-8-6-5-7-9-11;1-4-12(2,3)11(13)15-9-14-10-7-5-6-8-10;;;;;;;;;;/h10-13,15H,4-9H2,1-3H3;2*12H,4-11H2,1-3H3;11H,4-10H2,1-3H3;10H,4-9H2,1-3H3;10*1H4. The molecule has 8 saturated carbocycles. The highest BCUT2D eigenvalue weighted by Gasteiger charge is 2.54. The Morgan fingerprint density at radius 1 is 0.344 bits per heavy atom. The summed E-state index contributed by atoms with van der Waals surface area (Å²) in [4.78, 5) is 70.8. The first kappa shape index (κ1) is 109. The lowest BCUT2D eigenvalue weighted by Crippen LogP contribution is -2.55. The summed E-state index contributed by atoms with van der Waals surface area (Å²) in [5.41, 5.74) is -2.04. The van der Waals surface area contributed by atoms with Crippen LogP contribution in [0, 0.1) is 56.7 Å². The highest BCUT2D eigenvalue weighted by molar-refractivity contribution is 5.86. The zero-order chi connectivity index (χ0) is 64.0. The van der Waals surface area contributed by atoms with Gasteiger partial charge in [0.05, 0.1) is 58.1 Å². The van der Waals surface area contributed by atoms with Gasteiger partial charge in [0.25, 0.3) is 0 Å². The van der Waals surface area contributed by atoms with E-state index in [2.05, 4.69) is 0 Å². The van der Waals surface area contributed by atoms with E-state index in [9.17, 15) is 28.8 Å². The maximum absolute atomic E-state index is 12.3. The minimum Gasteiger partial charge on any atom is -0.438 e. The van der Waals surface area contributed by atoms with Crippen LogP contribution < -0.4 is 0 Å². The van der Waals surface area contributed by atoms with E-state index in [1.165, 1.54) is 96.3 Å². The lowest BCUT2D eigenvalue weighted by Gasteiger charge is -2.52. The van der Waals surface area contributed by atoms with Gasteiger partial charge in [-0.25, -0.2) is 0 Å². The summed E-state index contributed by atoms with van der Waals surface area (Å²) in [5.74, 6) is 1.74. The number of ketones is 1. The first-order valence-corrected chi connectivity index (χ1v) is 34.1. The predicted molar refractivity (Wildman–Crippen MR) is 401 cm³/mol. The van der Waals surface area contributed by atoms with Crippen molar-refractivity contribution in [2.75, 3.05) is 40.6 Å². The number of rotatable bonds is 26. The molecule has 4 bridgehead atoms. The molecule has 0 N–H and O–H groups in total. The number of ether oxygens (including phenoxy) is 10. The van der Waals surface area contributed by atoms with Crippen molar-refractivity contribution >= 4 is 35.6 Å². The predicted octanol–water partition coefficient (Wildman–Crippen LogP) is 22.6. The van der Waals surface area contributed by atoms with Crippen molar-refractivity contribution in [3.8, 4) is 0 Å².